The van der Waals surface area contributed by atoms with Crippen LogP contribution in [0.5, 0.6) is 0 Å². The maximum absolute atomic E-state index is 13.6. The van der Waals surface area contributed by atoms with E-state index in [1.165, 1.54) is 19.2 Å². The van der Waals surface area contributed by atoms with Gasteiger partial charge in [-0.2, -0.15) is 24.3 Å². The van der Waals surface area contributed by atoms with Crippen LogP contribution < -0.4 is 74.2 Å². The van der Waals surface area contributed by atoms with Crippen molar-refractivity contribution in [2.45, 2.75) is 25.3 Å². The zero-order valence-electron chi connectivity index (χ0n) is 15.1. The Morgan fingerprint density at radius 2 is 2.19 bits per heavy atom. The van der Waals surface area contributed by atoms with E-state index >= 15 is 0 Å². The van der Waals surface area contributed by atoms with Crippen molar-refractivity contribution in [1.82, 2.24) is 15.2 Å². The molecule has 9 heteroatoms. The Hall–Kier alpha value is -0.848. The van der Waals surface area contributed by atoms with Crippen molar-refractivity contribution >= 4 is 28.4 Å². The van der Waals surface area contributed by atoms with E-state index in [0.717, 1.165) is 4.90 Å². The van der Waals surface area contributed by atoms with Crippen molar-refractivity contribution in [3.63, 3.8) is 0 Å². The average Bonchev–Trinajstić information content (AvgIpc) is 2.95. The molecular weight excluding hydrogens is 475 g/mol. The summed E-state index contributed by atoms with van der Waals surface area (Å²) in [6, 6.07) is 8.43. The molecule has 2 N–H and O–H groups in total. The van der Waals surface area contributed by atoms with E-state index in [2.05, 4.69) is 16.4 Å². The second-order valence-electron chi connectivity index (χ2n) is 6.26. The first-order chi connectivity index (χ1) is 12.3. The quantitative estimate of drug-likeness (QED) is 0.427. The van der Waals surface area contributed by atoms with E-state index in [1.807, 2.05) is 0 Å². The molecule has 1 aliphatic heterocycles. The number of pyridine rings is 1. The molecule has 1 aromatic heterocycles. The molecule has 27 heavy (non-hydrogen) atoms. The molecule has 0 aliphatic carbocycles. The number of nitrogens with one attached hydrogen (secondary N) is 2. The summed E-state index contributed by atoms with van der Waals surface area (Å²) in [5.74, 6) is -4.16. The Balaban J connectivity index is 0.00000261. The standard InChI is InChI=1S/C18H17F2N4O2.Cs/c1-11(21)15-8-18(19,20)10-24(15)16(25)9-23-17(26)13-6-7-22-14-5-3-2-4-12(13)14;/h2,4-7,15,21H,8-10H2,1H3,(H,23,26);/q-1;+1/t15-;/m0./s1. The first kappa shape index (κ1) is 22.4. The Bertz CT molecular complexity index is 885. The fraction of sp³-hybridized carbons (Fsp3) is 0.333. The zero-order valence-corrected chi connectivity index (χ0v) is 21.3. The Kier molecular flexibility index (Phi) is 7.56. The molecule has 2 heterocycles. The third kappa shape index (κ3) is 5.15. The van der Waals surface area contributed by atoms with Crippen LogP contribution in [0.1, 0.15) is 23.7 Å². The molecule has 1 atom stereocenters. The number of fused-ring (bicyclic) bond motifs is 1. The van der Waals surface area contributed by atoms with Crippen LogP contribution in [0, 0.1) is 11.5 Å². The fourth-order valence-corrected chi connectivity index (χ4v) is 3.05. The number of hydrogen-bond donors (Lipinski definition) is 2. The Labute approximate surface area is 214 Å². The van der Waals surface area contributed by atoms with Gasteiger partial charge in [-0.25, -0.2) is 8.78 Å². The molecule has 1 aromatic carbocycles. The van der Waals surface area contributed by atoms with E-state index in [0.29, 0.717) is 16.5 Å². The molecule has 2 aromatic rings. The van der Waals surface area contributed by atoms with Crippen LogP contribution >= 0.6 is 0 Å². The molecule has 1 fully saturated rings. The van der Waals surface area contributed by atoms with Crippen molar-refractivity contribution in [3.8, 4) is 0 Å². The molecule has 136 valence electrons. The summed E-state index contributed by atoms with van der Waals surface area (Å²) in [4.78, 5) is 29.8. The van der Waals surface area contributed by atoms with Crippen LogP contribution in [0.25, 0.3) is 10.9 Å². The number of amides is 2. The molecule has 2 amide bonds. The average molecular weight is 492 g/mol. The second kappa shape index (κ2) is 9.10. The largest absolute Gasteiger partial charge is 1.00 e. The molecular formula is C18H17CsF2N4O2. The SMILES string of the molecule is CC(=N)[C@@H]1CC(F)(F)CN1C(=O)CNC(=O)c1ccnc2c[c-]ccc12.[Cs+]. The van der Waals surface area contributed by atoms with Crippen molar-refractivity contribution in [2.24, 2.45) is 0 Å². The van der Waals surface area contributed by atoms with Crippen LogP contribution in [-0.4, -0.2) is 52.5 Å². The topological polar surface area (TPSA) is 86.2 Å². The van der Waals surface area contributed by atoms with Gasteiger partial charge in [0.1, 0.15) is 0 Å². The molecule has 6 nitrogen and oxygen atoms in total. The van der Waals surface area contributed by atoms with Gasteiger partial charge in [0.05, 0.1) is 19.1 Å². The minimum atomic E-state index is -3.02. The van der Waals surface area contributed by atoms with Crippen LogP contribution in [0.4, 0.5) is 8.78 Å². The van der Waals surface area contributed by atoms with Crippen molar-refractivity contribution < 1.29 is 87.3 Å². The maximum atomic E-state index is 13.6. The molecule has 3 rings (SSSR count). The van der Waals surface area contributed by atoms with E-state index in [-0.39, 0.29) is 74.6 Å². The maximum Gasteiger partial charge on any atom is 1.00 e. The van der Waals surface area contributed by atoms with Crippen molar-refractivity contribution in [3.05, 3.63) is 42.1 Å². The summed E-state index contributed by atoms with van der Waals surface area (Å²) in [5, 5.41) is 10.7. The van der Waals surface area contributed by atoms with E-state index in [1.54, 1.807) is 18.2 Å². The fourth-order valence-electron chi connectivity index (χ4n) is 3.05. The third-order valence-electron chi connectivity index (χ3n) is 4.32. The number of hydrogen-bond acceptors (Lipinski definition) is 4. The predicted octanol–water partition coefficient (Wildman–Crippen LogP) is -0.955. The minimum absolute atomic E-state index is 0. The van der Waals surface area contributed by atoms with Gasteiger partial charge in [-0.1, -0.05) is 5.39 Å². The van der Waals surface area contributed by atoms with Crippen molar-refractivity contribution in [2.75, 3.05) is 13.1 Å². The van der Waals surface area contributed by atoms with E-state index in [4.69, 9.17) is 5.41 Å². The number of benzene rings is 1. The minimum Gasteiger partial charge on any atom is -0.343 e. The number of carbonyl (C=O) groups is 2. The summed E-state index contributed by atoms with van der Waals surface area (Å²) in [6.45, 7) is 0.239. The third-order valence-corrected chi connectivity index (χ3v) is 4.32. The number of alkyl halides is 2. The summed E-state index contributed by atoms with van der Waals surface area (Å²) in [6.07, 6.45) is 0.913. The van der Waals surface area contributed by atoms with Gasteiger partial charge < -0.3 is 20.6 Å². The first-order valence-corrected chi connectivity index (χ1v) is 8.04. The Morgan fingerprint density at radius 1 is 1.44 bits per heavy atom. The molecule has 1 aliphatic rings. The summed E-state index contributed by atoms with van der Waals surface area (Å²) in [7, 11) is 0. The number of carbonyl (C=O) groups excluding carboxylic acids is 2. The summed E-state index contributed by atoms with van der Waals surface area (Å²) < 4.78 is 27.2. The van der Waals surface area contributed by atoms with Gasteiger partial charge in [-0.05, 0) is 18.5 Å². The number of rotatable bonds is 4. The Morgan fingerprint density at radius 3 is 2.89 bits per heavy atom. The van der Waals surface area contributed by atoms with E-state index in [9.17, 15) is 18.4 Å². The second-order valence-corrected chi connectivity index (χ2v) is 6.26. The van der Waals surface area contributed by atoms with Gasteiger partial charge in [0.25, 0.3) is 5.92 Å². The molecule has 0 spiro atoms. The van der Waals surface area contributed by atoms with Gasteiger partial charge in [0.2, 0.25) is 11.8 Å². The molecule has 0 unspecified atom stereocenters. The number of halogens is 2. The molecule has 0 saturated carbocycles. The number of nitrogens with zero attached hydrogens (tertiary/aromatic N) is 2. The van der Waals surface area contributed by atoms with Crippen LogP contribution in [0.2, 0.25) is 0 Å². The first-order valence-electron chi connectivity index (χ1n) is 8.04. The smallest absolute Gasteiger partial charge is 0.343 e. The van der Waals surface area contributed by atoms with Gasteiger partial charge in [0.15, 0.2) is 0 Å². The van der Waals surface area contributed by atoms with Gasteiger partial charge in [-0.3, -0.25) is 9.59 Å². The van der Waals surface area contributed by atoms with Gasteiger partial charge >= 0.3 is 68.9 Å². The number of aromatic nitrogens is 1. The number of likely N-dealkylation sites (tertiary alicyclic amines) is 1. The molecule has 0 bridgehead atoms. The molecule has 0 radical (unpaired) electrons. The summed E-state index contributed by atoms with van der Waals surface area (Å²) in [5.41, 5.74) is 0.923. The van der Waals surface area contributed by atoms with E-state index < -0.39 is 43.3 Å². The van der Waals surface area contributed by atoms with Crippen molar-refractivity contribution in [1.29, 1.82) is 5.41 Å². The van der Waals surface area contributed by atoms with Crippen LogP contribution in [0.3, 0.4) is 0 Å². The van der Waals surface area contributed by atoms with Gasteiger partial charge in [-0.15, -0.1) is 0 Å². The van der Waals surface area contributed by atoms with Crippen LogP contribution in [0.15, 0.2) is 30.5 Å². The summed E-state index contributed by atoms with van der Waals surface area (Å²) >= 11 is 0. The monoisotopic (exact) mass is 492 g/mol. The van der Waals surface area contributed by atoms with Gasteiger partial charge in [0, 0.05) is 23.9 Å². The normalized spacial score (nSPS) is 18.0. The predicted molar refractivity (Wildman–Crippen MR) is 91.4 cm³/mol. The molecule has 1 saturated heterocycles. The van der Waals surface area contributed by atoms with Crippen LogP contribution in [-0.2, 0) is 4.79 Å². The zero-order chi connectivity index (χ0) is 18.9.